The van der Waals surface area contributed by atoms with Crippen molar-refractivity contribution in [3.05, 3.63) is 59.7 Å². The van der Waals surface area contributed by atoms with Crippen LogP contribution in [0, 0.1) is 0 Å². The summed E-state index contributed by atoms with van der Waals surface area (Å²) in [5, 5.41) is 2.76. The van der Waals surface area contributed by atoms with Gasteiger partial charge >= 0.3 is 0 Å². The number of amides is 1. The normalized spacial score (nSPS) is 15.7. The van der Waals surface area contributed by atoms with Gasteiger partial charge in [0.1, 0.15) is 0 Å². The van der Waals surface area contributed by atoms with Crippen molar-refractivity contribution in [3.8, 4) is 0 Å². The van der Waals surface area contributed by atoms with Gasteiger partial charge in [0.2, 0.25) is 10.0 Å². The van der Waals surface area contributed by atoms with Gasteiger partial charge in [-0.25, -0.2) is 16.8 Å². The summed E-state index contributed by atoms with van der Waals surface area (Å²) in [5.41, 5.74) is 1.11. The number of carbonyl (C=O) groups is 1. The second-order valence-corrected chi connectivity index (χ2v) is 11.9. The third kappa shape index (κ3) is 5.72. The summed E-state index contributed by atoms with van der Waals surface area (Å²) in [6, 6.07) is 12.2. The predicted molar refractivity (Wildman–Crippen MR) is 119 cm³/mol. The lowest BCUT2D eigenvalue weighted by Gasteiger charge is -2.30. The molecule has 1 aliphatic rings. The van der Waals surface area contributed by atoms with Gasteiger partial charge in [0.15, 0.2) is 9.84 Å². The molecule has 3 rings (SSSR count). The molecule has 0 spiro atoms. The molecular weight excluding hydrogens is 436 g/mol. The number of rotatable bonds is 7. The highest BCUT2D eigenvalue weighted by molar-refractivity contribution is 7.90. The maximum absolute atomic E-state index is 12.9. The Labute approximate surface area is 184 Å². The first-order valence-corrected chi connectivity index (χ1v) is 13.6. The van der Waals surface area contributed by atoms with Crippen LogP contribution in [0.4, 0.5) is 0 Å². The summed E-state index contributed by atoms with van der Waals surface area (Å²) in [5.74, 6) is -0.336. The van der Waals surface area contributed by atoms with Crippen molar-refractivity contribution in [1.82, 2.24) is 9.62 Å². The van der Waals surface area contributed by atoms with Crippen molar-refractivity contribution in [2.45, 2.75) is 54.5 Å². The molecular formula is C22H28N2O5S2. The molecule has 0 heterocycles. The molecule has 1 aliphatic carbocycles. The van der Waals surface area contributed by atoms with Crippen LogP contribution in [0.5, 0.6) is 0 Å². The first-order chi connectivity index (χ1) is 14.6. The van der Waals surface area contributed by atoms with E-state index in [9.17, 15) is 21.6 Å². The Morgan fingerprint density at radius 1 is 0.903 bits per heavy atom. The summed E-state index contributed by atoms with van der Waals surface area (Å²) in [7, 11) is -5.24. The van der Waals surface area contributed by atoms with Crippen LogP contribution in [0.2, 0.25) is 0 Å². The fourth-order valence-corrected chi connectivity index (χ4v) is 5.77. The average molecular weight is 465 g/mol. The smallest absolute Gasteiger partial charge is 0.251 e. The summed E-state index contributed by atoms with van der Waals surface area (Å²) < 4.78 is 50.3. The second kappa shape index (κ2) is 9.50. The lowest BCUT2D eigenvalue weighted by molar-refractivity contribution is 0.0950. The standard InChI is InChI=1S/C22H28N2O5S2/c1-24(19-6-4-3-5-7-19)31(28,29)21-14-10-18(11-15-21)22(25)23-16-17-8-12-20(13-9-17)30(2,26)27/h8-15,19H,3-7,16H2,1-2H3,(H,23,25). The third-order valence-corrected chi connectivity index (χ3v) is 8.74. The lowest BCUT2D eigenvalue weighted by Crippen LogP contribution is -2.38. The Balaban J connectivity index is 1.63. The fraction of sp³-hybridized carbons (Fsp3) is 0.409. The molecule has 1 amide bonds. The molecule has 1 N–H and O–H groups in total. The maximum atomic E-state index is 12.9. The van der Waals surface area contributed by atoms with Crippen molar-refractivity contribution < 1.29 is 21.6 Å². The highest BCUT2D eigenvalue weighted by atomic mass is 32.2. The molecule has 2 aromatic rings. The van der Waals surface area contributed by atoms with Gasteiger partial charge in [0, 0.05) is 31.5 Å². The van der Waals surface area contributed by atoms with Crippen molar-refractivity contribution in [2.75, 3.05) is 13.3 Å². The lowest BCUT2D eigenvalue weighted by atomic mass is 9.96. The van der Waals surface area contributed by atoms with Gasteiger partial charge in [-0.3, -0.25) is 4.79 Å². The molecule has 0 aliphatic heterocycles. The first kappa shape index (κ1) is 23.4. The van der Waals surface area contributed by atoms with E-state index in [2.05, 4.69) is 5.32 Å². The minimum atomic E-state index is -3.60. The largest absolute Gasteiger partial charge is 0.348 e. The van der Waals surface area contributed by atoms with Gasteiger partial charge in [-0.05, 0) is 54.8 Å². The van der Waals surface area contributed by atoms with E-state index in [1.54, 1.807) is 19.2 Å². The van der Waals surface area contributed by atoms with Crippen LogP contribution in [0.3, 0.4) is 0 Å². The Bertz CT molecular complexity index is 1120. The topological polar surface area (TPSA) is 101 Å². The molecule has 168 valence electrons. The van der Waals surface area contributed by atoms with Crippen molar-refractivity contribution >= 4 is 25.8 Å². The van der Waals surface area contributed by atoms with Crippen molar-refractivity contribution in [3.63, 3.8) is 0 Å². The number of hydrogen-bond acceptors (Lipinski definition) is 5. The van der Waals surface area contributed by atoms with E-state index < -0.39 is 19.9 Å². The number of benzene rings is 2. The number of hydrogen-bond donors (Lipinski definition) is 1. The van der Waals surface area contributed by atoms with Crippen LogP contribution >= 0.6 is 0 Å². The molecule has 7 nitrogen and oxygen atoms in total. The molecule has 9 heteroatoms. The second-order valence-electron chi connectivity index (χ2n) is 7.94. The first-order valence-electron chi connectivity index (χ1n) is 10.2. The Hall–Kier alpha value is -2.23. The van der Waals surface area contributed by atoms with Gasteiger partial charge in [0.05, 0.1) is 9.79 Å². The highest BCUT2D eigenvalue weighted by Crippen LogP contribution is 2.26. The summed E-state index contributed by atoms with van der Waals surface area (Å²) in [6.07, 6.45) is 6.13. The number of sulfone groups is 1. The summed E-state index contributed by atoms with van der Waals surface area (Å²) in [6.45, 7) is 0.230. The van der Waals surface area contributed by atoms with E-state index in [0.717, 1.165) is 43.9 Å². The molecule has 0 aromatic heterocycles. The van der Waals surface area contributed by atoms with Gasteiger partial charge < -0.3 is 5.32 Å². The van der Waals surface area contributed by atoms with Crippen LogP contribution in [0.25, 0.3) is 0 Å². The Morgan fingerprint density at radius 2 is 1.45 bits per heavy atom. The number of nitrogens with one attached hydrogen (secondary N) is 1. The Morgan fingerprint density at radius 3 is 2.00 bits per heavy atom. The van der Waals surface area contributed by atoms with Crippen LogP contribution in [0.15, 0.2) is 58.3 Å². The summed E-state index contributed by atoms with van der Waals surface area (Å²) in [4.78, 5) is 12.8. The molecule has 1 fully saturated rings. The van der Waals surface area contributed by atoms with Crippen LogP contribution in [0.1, 0.15) is 48.0 Å². The molecule has 0 bridgehead atoms. The van der Waals surface area contributed by atoms with E-state index in [4.69, 9.17) is 0 Å². The minimum Gasteiger partial charge on any atom is -0.348 e. The third-order valence-electron chi connectivity index (χ3n) is 5.69. The van der Waals surface area contributed by atoms with Crippen LogP contribution in [-0.4, -0.2) is 46.4 Å². The van der Waals surface area contributed by atoms with E-state index in [0.29, 0.717) is 5.56 Å². The average Bonchev–Trinajstić information content (AvgIpc) is 2.77. The number of sulfonamides is 1. The molecule has 1 saturated carbocycles. The van der Waals surface area contributed by atoms with E-state index in [1.807, 2.05) is 0 Å². The predicted octanol–water partition coefficient (Wildman–Crippen LogP) is 2.97. The highest BCUT2D eigenvalue weighted by Gasteiger charge is 2.29. The molecule has 0 atom stereocenters. The maximum Gasteiger partial charge on any atom is 0.251 e. The quantitative estimate of drug-likeness (QED) is 0.679. The van der Waals surface area contributed by atoms with Gasteiger partial charge in [0.25, 0.3) is 5.91 Å². The molecule has 2 aromatic carbocycles. The zero-order chi connectivity index (χ0) is 22.6. The molecule has 0 radical (unpaired) electrons. The minimum absolute atomic E-state index is 0.0239. The monoisotopic (exact) mass is 464 g/mol. The molecule has 0 unspecified atom stereocenters. The fourth-order valence-electron chi connectivity index (χ4n) is 3.72. The van der Waals surface area contributed by atoms with Gasteiger partial charge in [-0.2, -0.15) is 4.31 Å². The SMILES string of the molecule is CN(C1CCCCC1)S(=O)(=O)c1ccc(C(=O)NCc2ccc(S(C)(=O)=O)cc2)cc1. The number of carbonyl (C=O) groups excluding carboxylic acids is 1. The van der Waals surface area contributed by atoms with Gasteiger partial charge in [-0.1, -0.05) is 31.4 Å². The summed E-state index contributed by atoms with van der Waals surface area (Å²) >= 11 is 0. The van der Waals surface area contributed by atoms with E-state index >= 15 is 0 Å². The molecule has 31 heavy (non-hydrogen) atoms. The van der Waals surface area contributed by atoms with E-state index in [-0.39, 0.29) is 28.3 Å². The van der Waals surface area contributed by atoms with E-state index in [1.165, 1.54) is 40.7 Å². The zero-order valence-electron chi connectivity index (χ0n) is 17.7. The van der Waals surface area contributed by atoms with Crippen molar-refractivity contribution in [1.29, 1.82) is 0 Å². The zero-order valence-corrected chi connectivity index (χ0v) is 19.4. The molecule has 0 saturated heterocycles. The Kier molecular flexibility index (Phi) is 7.18. The van der Waals surface area contributed by atoms with Crippen LogP contribution < -0.4 is 5.32 Å². The van der Waals surface area contributed by atoms with Crippen molar-refractivity contribution in [2.24, 2.45) is 0 Å². The van der Waals surface area contributed by atoms with Crippen LogP contribution in [-0.2, 0) is 26.4 Å². The van der Waals surface area contributed by atoms with Gasteiger partial charge in [-0.15, -0.1) is 0 Å². The number of nitrogens with zero attached hydrogens (tertiary/aromatic N) is 1.